The van der Waals surface area contributed by atoms with E-state index in [-0.39, 0.29) is 11.2 Å². The van der Waals surface area contributed by atoms with E-state index in [1.807, 2.05) is 22.8 Å². The van der Waals surface area contributed by atoms with Crippen molar-refractivity contribution in [3.63, 3.8) is 0 Å². The molecule has 0 bridgehead atoms. The van der Waals surface area contributed by atoms with Crippen LogP contribution in [0.2, 0.25) is 0 Å². The molecule has 6 nitrogen and oxygen atoms in total. The van der Waals surface area contributed by atoms with Gasteiger partial charge in [0.25, 0.3) is 5.56 Å². The molecule has 0 aliphatic rings. The van der Waals surface area contributed by atoms with Gasteiger partial charge in [-0.1, -0.05) is 60.3 Å². The van der Waals surface area contributed by atoms with Gasteiger partial charge in [-0.2, -0.15) is 0 Å². The van der Waals surface area contributed by atoms with Crippen LogP contribution in [0.15, 0.2) is 69.9 Å². The Morgan fingerprint density at radius 1 is 1.07 bits per heavy atom. The average Bonchev–Trinajstić information content (AvgIpc) is 3.08. The van der Waals surface area contributed by atoms with Crippen molar-refractivity contribution in [2.45, 2.75) is 17.5 Å². The first kappa shape index (κ1) is 18.3. The van der Waals surface area contributed by atoms with Crippen LogP contribution in [0, 0.1) is 0 Å². The Kier molecular flexibility index (Phi) is 4.68. The third kappa shape index (κ3) is 2.88. The van der Waals surface area contributed by atoms with E-state index in [0.717, 1.165) is 4.57 Å². The van der Waals surface area contributed by atoms with Crippen molar-refractivity contribution < 1.29 is 0 Å². The second-order valence-electron chi connectivity index (χ2n) is 6.60. The Morgan fingerprint density at radius 3 is 2.61 bits per heavy atom. The molecule has 4 rings (SSSR count). The second kappa shape index (κ2) is 7.16. The molecule has 0 aliphatic heterocycles. The van der Waals surface area contributed by atoms with E-state index in [1.54, 1.807) is 24.9 Å². The van der Waals surface area contributed by atoms with Crippen LogP contribution in [0.4, 0.5) is 0 Å². The van der Waals surface area contributed by atoms with Gasteiger partial charge in [0.15, 0.2) is 16.3 Å². The minimum atomic E-state index is -0.383. The van der Waals surface area contributed by atoms with Gasteiger partial charge in [-0.3, -0.25) is 13.9 Å². The first-order valence-electron chi connectivity index (χ1n) is 8.89. The minimum Gasteiger partial charge on any atom is -0.309 e. The zero-order chi connectivity index (χ0) is 19.8. The number of rotatable bonds is 5. The van der Waals surface area contributed by atoms with Gasteiger partial charge >= 0.3 is 5.69 Å². The molecule has 0 amide bonds. The number of aryl methyl sites for hydroxylation is 1. The van der Waals surface area contributed by atoms with Crippen LogP contribution in [0.3, 0.4) is 0 Å². The molecule has 2 aromatic heterocycles. The molecule has 142 valence electrons. The Hall–Kier alpha value is -3.06. The summed E-state index contributed by atoms with van der Waals surface area (Å²) in [6.07, 6.45) is 1.73. The van der Waals surface area contributed by atoms with Crippen LogP contribution in [-0.2, 0) is 26.4 Å². The third-order valence-electron chi connectivity index (χ3n) is 4.86. The fourth-order valence-electron chi connectivity index (χ4n) is 3.40. The number of hydrogen-bond donors (Lipinski definition) is 0. The molecule has 0 radical (unpaired) electrons. The van der Waals surface area contributed by atoms with Crippen molar-refractivity contribution in [3.05, 3.63) is 81.5 Å². The molecule has 0 saturated heterocycles. The number of hydrogen-bond acceptors (Lipinski definition) is 4. The Morgan fingerprint density at radius 2 is 1.82 bits per heavy atom. The van der Waals surface area contributed by atoms with Gasteiger partial charge in [0.1, 0.15) is 0 Å². The fraction of sp³-hybridized carbons (Fsp3) is 0.190. The lowest BCUT2D eigenvalue weighted by Gasteiger charge is -2.08. The maximum absolute atomic E-state index is 12.7. The topological polar surface area (TPSA) is 61.8 Å². The summed E-state index contributed by atoms with van der Waals surface area (Å²) in [6, 6.07) is 14.5. The number of benzene rings is 2. The van der Waals surface area contributed by atoms with Crippen molar-refractivity contribution in [2.24, 2.45) is 14.1 Å². The Bertz CT molecular complexity index is 1320. The molecule has 0 N–H and O–H groups in total. The van der Waals surface area contributed by atoms with Gasteiger partial charge in [-0.25, -0.2) is 9.78 Å². The first-order chi connectivity index (χ1) is 13.5. The average molecular weight is 392 g/mol. The summed E-state index contributed by atoms with van der Waals surface area (Å²) in [4.78, 5) is 29.6. The zero-order valence-corrected chi connectivity index (χ0v) is 16.6. The summed E-state index contributed by atoms with van der Waals surface area (Å²) in [5.74, 6) is 0.704. The van der Waals surface area contributed by atoms with Gasteiger partial charge in [-0.05, 0) is 16.3 Å². The smallest absolute Gasteiger partial charge is 0.309 e. The quantitative estimate of drug-likeness (QED) is 0.387. The first-order valence-corrected chi connectivity index (χ1v) is 9.88. The Labute approximate surface area is 165 Å². The van der Waals surface area contributed by atoms with Crippen LogP contribution in [0.1, 0.15) is 5.56 Å². The van der Waals surface area contributed by atoms with Crippen LogP contribution in [0.25, 0.3) is 21.9 Å². The highest BCUT2D eigenvalue weighted by Gasteiger charge is 2.19. The molecule has 0 saturated carbocycles. The van der Waals surface area contributed by atoms with Crippen molar-refractivity contribution >= 4 is 33.7 Å². The van der Waals surface area contributed by atoms with Gasteiger partial charge < -0.3 is 4.57 Å². The summed E-state index contributed by atoms with van der Waals surface area (Å²) in [6.45, 7) is 4.25. The van der Waals surface area contributed by atoms with E-state index in [1.165, 1.54) is 28.0 Å². The second-order valence-corrected chi connectivity index (χ2v) is 7.54. The van der Waals surface area contributed by atoms with Gasteiger partial charge in [0.05, 0.1) is 0 Å². The van der Waals surface area contributed by atoms with E-state index in [4.69, 9.17) is 0 Å². The van der Waals surface area contributed by atoms with Gasteiger partial charge in [0.2, 0.25) is 0 Å². The summed E-state index contributed by atoms with van der Waals surface area (Å²) in [5, 5.41) is 3.09. The number of aromatic nitrogens is 4. The standard InChI is InChI=1S/C21H20N4O2S/c1-4-12-25-17-18(23(2)21(27)24(3)19(17)26)22-20(25)28-13-15-10-7-9-14-8-5-6-11-16(14)15/h4-11H,1,12-13H2,2-3H3. The molecule has 0 fully saturated rings. The lowest BCUT2D eigenvalue weighted by Crippen LogP contribution is -2.37. The number of fused-ring (bicyclic) bond motifs is 2. The van der Waals surface area contributed by atoms with Crippen molar-refractivity contribution in [3.8, 4) is 0 Å². The largest absolute Gasteiger partial charge is 0.332 e. The molecule has 28 heavy (non-hydrogen) atoms. The summed E-state index contributed by atoms with van der Waals surface area (Å²) >= 11 is 1.55. The Balaban J connectivity index is 1.82. The van der Waals surface area contributed by atoms with E-state index in [2.05, 4.69) is 35.8 Å². The molecule has 7 heteroatoms. The van der Waals surface area contributed by atoms with Crippen molar-refractivity contribution in [2.75, 3.05) is 0 Å². The third-order valence-corrected chi connectivity index (χ3v) is 5.89. The summed E-state index contributed by atoms with van der Waals surface area (Å²) in [7, 11) is 3.12. The summed E-state index contributed by atoms with van der Waals surface area (Å²) < 4.78 is 4.36. The molecule has 0 spiro atoms. The highest BCUT2D eigenvalue weighted by Crippen LogP contribution is 2.28. The van der Waals surface area contributed by atoms with Crippen LogP contribution in [-0.4, -0.2) is 18.7 Å². The van der Waals surface area contributed by atoms with E-state index in [0.29, 0.717) is 28.6 Å². The normalized spacial score (nSPS) is 11.4. The zero-order valence-electron chi connectivity index (χ0n) is 15.8. The number of allylic oxidation sites excluding steroid dienone is 1. The molecule has 0 aliphatic carbocycles. The van der Waals surface area contributed by atoms with Crippen molar-refractivity contribution in [1.82, 2.24) is 18.7 Å². The summed E-state index contributed by atoms with van der Waals surface area (Å²) in [5.41, 5.74) is 1.29. The maximum Gasteiger partial charge on any atom is 0.332 e. The van der Waals surface area contributed by atoms with Crippen LogP contribution in [0.5, 0.6) is 0 Å². The molecule has 0 atom stereocenters. The van der Waals surface area contributed by atoms with Crippen molar-refractivity contribution in [1.29, 1.82) is 0 Å². The number of thioether (sulfide) groups is 1. The SMILES string of the molecule is C=CCn1c(SCc2cccc3ccccc23)nc2c1c(=O)n(C)c(=O)n2C. The number of nitrogens with zero attached hydrogens (tertiary/aromatic N) is 4. The minimum absolute atomic E-state index is 0.343. The molecule has 4 aromatic rings. The maximum atomic E-state index is 12.7. The van der Waals surface area contributed by atoms with Gasteiger partial charge in [-0.15, -0.1) is 6.58 Å². The molecular weight excluding hydrogens is 372 g/mol. The monoisotopic (exact) mass is 392 g/mol. The molecule has 2 heterocycles. The fourth-order valence-corrected chi connectivity index (χ4v) is 4.40. The molecule has 0 unspecified atom stereocenters. The molecule has 2 aromatic carbocycles. The predicted molar refractivity (Wildman–Crippen MR) is 114 cm³/mol. The van der Waals surface area contributed by atoms with Crippen LogP contribution >= 0.6 is 11.8 Å². The van der Waals surface area contributed by atoms with Crippen LogP contribution < -0.4 is 11.2 Å². The molecular formula is C21H20N4O2S. The van der Waals surface area contributed by atoms with E-state index < -0.39 is 0 Å². The lowest BCUT2D eigenvalue weighted by atomic mass is 10.1. The number of imidazole rings is 1. The van der Waals surface area contributed by atoms with E-state index in [9.17, 15) is 9.59 Å². The lowest BCUT2D eigenvalue weighted by molar-refractivity contribution is 0.700. The highest BCUT2D eigenvalue weighted by atomic mass is 32.2. The predicted octanol–water partition coefficient (Wildman–Crippen LogP) is 3.07. The van der Waals surface area contributed by atoms with Gasteiger partial charge in [0, 0.05) is 26.4 Å². The highest BCUT2D eigenvalue weighted by molar-refractivity contribution is 7.98. The van der Waals surface area contributed by atoms with E-state index >= 15 is 0 Å².